The van der Waals surface area contributed by atoms with Crippen molar-refractivity contribution < 1.29 is 47.6 Å². The number of nitrogens with one attached hydrogen (secondary N) is 1. The minimum absolute atomic E-state index is 0.0274. The number of imide groups is 2. The topological polar surface area (TPSA) is 165 Å². The van der Waals surface area contributed by atoms with E-state index in [0.717, 1.165) is 28.9 Å². The average molecular weight is 813 g/mol. The highest BCUT2D eigenvalue weighted by Gasteiger charge is 2.35. The SMILES string of the molecule is C=C(/C=C(C(=O)N(C=O)C1CCC(=O)NC1=O)\C(C)=C/C)OCCOCCOCCOCCOCCOc1ccc(-c2ccc(-c3cnccc3CCC)c(C)c2)cn1. The lowest BCUT2D eigenvalue weighted by molar-refractivity contribution is -0.148. The molecule has 0 saturated carbocycles. The highest BCUT2D eigenvalue weighted by atomic mass is 16.6. The van der Waals surface area contributed by atoms with Gasteiger partial charge in [0.1, 0.15) is 25.0 Å². The van der Waals surface area contributed by atoms with Crippen molar-refractivity contribution in [1.82, 2.24) is 20.2 Å². The quantitative estimate of drug-likeness (QED) is 0.0262. The summed E-state index contributed by atoms with van der Waals surface area (Å²) in [7, 11) is 0. The van der Waals surface area contributed by atoms with Crippen LogP contribution in [-0.4, -0.2) is 111 Å². The van der Waals surface area contributed by atoms with Crippen LogP contribution in [0, 0.1) is 6.92 Å². The number of amides is 4. The van der Waals surface area contributed by atoms with Crippen LogP contribution in [0.1, 0.15) is 51.2 Å². The number of aryl methyl sites for hydroxylation is 2. The summed E-state index contributed by atoms with van der Waals surface area (Å²) in [5.74, 6) is -1.13. The normalized spacial score (nSPS) is 14.5. The number of allylic oxidation sites excluding steroid dienone is 2. The second kappa shape index (κ2) is 25.1. The van der Waals surface area contributed by atoms with Crippen LogP contribution in [0.2, 0.25) is 0 Å². The van der Waals surface area contributed by atoms with Gasteiger partial charge in [-0.2, -0.15) is 0 Å². The van der Waals surface area contributed by atoms with Crippen LogP contribution in [0.4, 0.5) is 0 Å². The summed E-state index contributed by atoms with van der Waals surface area (Å²) in [5, 5.41) is 2.16. The van der Waals surface area contributed by atoms with Crippen molar-refractivity contribution in [2.45, 2.75) is 59.4 Å². The van der Waals surface area contributed by atoms with E-state index in [2.05, 4.69) is 60.0 Å². The monoisotopic (exact) mass is 812 g/mol. The van der Waals surface area contributed by atoms with Crippen LogP contribution in [-0.2, 0) is 49.3 Å². The van der Waals surface area contributed by atoms with Gasteiger partial charge < -0.3 is 28.4 Å². The predicted molar refractivity (Wildman–Crippen MR) is 222 cm³/mol. The van der Waals surface area contributed by atoms with Gasteiger partial charge in [-0.15, -0.1) is 0 Å². The molecule has 1 fully saturated rings. The predicted octanol–water partition coefficient (Wildman–Crippen LogP) is 5.73. The molecule has 3 heterocycles. The molecule has 0 radical (unpaired) electrons. The molecule has 59 heavy (non-hydrogen) atoms. The van der Waals surface area contributed by atoms with Crippen molar-refractivity contribution in [3.8, 4) is 28.1 Å². The number of piperidine rings is 1. The number of hydrogen-bond acceptors (Lipinski definition) is 12. The lowest BCUT2D eigenvalue weighted by atomic mass is 9.93. The molecule has 4 rings (SSSR count). The second-order valence-electron chi connectivity index (χ2n) is 13.6. The van der Waals surface area contributed by atoms with E-state index in [4.69, 9.17) is 28.4 Å². The number of rotatable bonds is 26. The Bertz CT molecular complexity index is 1930. The molecule has 1 N–H and O–H groups in total. The smallest absolute Gasteiger partial charge is 0.261 e. The third-order valence-corrected chi connectivity index (χ3v) is 9.41. The van der Waals surface area contributed by atoms with Gasteiger partial charge >= 0.3 is 0 Å². The summed E-state index contributed by atoms with van der Waals surface area (Å²) in [6.45, 7) is 15.1. The number of carbonyl (C=O) groups is 4. The summed E-state index contributed by atoms with van der Waals surface area (Å²) in [5.41, 5.74) is 7.69. The molecule has 1 unspecified atom stereocenters. The number of aromatic nitrogens is 2. The van der Waals surface area contributed by atoms with Crippen molar-refractivity contribution in [3.63, 3.8) is 0 Å². The zero-order valence-corrected chi connectivity index (χ0v) is 34.5. The Morgan fingerprint density at radius 1 is 0.898 bits per heavy atom. The molecule has 2 aromatic heterocycles. The number of nitrogens with zero attached hydrogens (tertiary/aromatic N) is 3. The molecule has 1 aliphatic heterocycles. The number of carbonyl (C=O) groups excluding carboxylic acids is 4. The molecule has 0 spiro atoms. The van der Waals surface area contributed by atoms with Crippen LogP contribution < -0.4 is 10.1 Å². The van der Waals surface area contributed by atoms with Gasteiger partial charge in [-0.05, 0) is 79.6 Å². The zero-order chi connectivity index (χ0) is 42.4. The van der Waals surface area contributed by atoms with Crippen LogP contribution in [0.25, 0.3) is 22.3 Å². The molecule has 1 aliphatic rings. The standard InChI is InChI=1S/C45H56N4O10/c1-6-8-35-15-16-46-30-40(35)38-11-9-36(27-33(38)4)37-10-14-43(47-29-37)59-26-24-57-22-20-55-18-17-54-19-21-56-23-25-58-34(5)28-39(32(3)7-2)45(53)49(31-50)41-12-13-42(51)48-44(41)52/h7,9-11,14-16,27-31,41H,5-6,8,12-13,17-26H2,1-4H3,(H,48,51,52)/b32-7-,39-28+. The molecule has 4 amide bonds. The van der Waals surface area contributed by atoms with Crippen LogP contribution in [0.3, 0.4) is 0 Å². The third kappa shape index (κ3) is 14.7. The van der Waals surface area contributed by atoms with E-state index in [1.165, 1.54) is 28.3 Å². The Labute approximate surface area is 346 Å². The largest absolute Gasteiger partial charge is 0.492 e. The number of pyridine rings is 2. The van der Waals surface area contributed by atoms with Gasteiger partial charge in [0.25, 0.3) is 5.91 Å². The maximum absolute atomic E-state index is 13.3. The molecule has 14 heteroatoms. The number of benzene rings is 1. The molecule has 316 valence electrons. The van der Waals surface area contributed by atoms with Gasteiger partial charge in [0, 0.05) is 47.8 Å². The summed E-state index contributed by atoms with van der Waals surface area (Å²) in [4.78, 5) is 58.5. The van der Waals surface area contributed by atoms with Crippen LogP contribution >= 0.6 is 0 Å². The van der Waals surface area contributed by atoms with E-state index in [1.54, 1.807) is 19.9 Å². The first-order chi connectivity index (χ1) is 28.7. The maximum Gasteiger partial charge on any atom is 0.261 e. The fourth-order valence-electron chi connectivity index (χ4n) is 6.19. The average Bonchev–Trinajstić information content (AvgIpc) is 3.24. The molecular weight excluding hydrogens is 757 g/mol. The Morgan fingerprint density at radius 2 is 1.56 bits per heavy atom. The van der Waals surface area contributed by atoms with Crippen molar-refractivity contribution in [1.29, 1.82) is 0 Å². The summed E-state index contributed by atoms with van der Waals surface area (Å²) in [6.07, 6.45) is 11.2. The Morgan fingerprint density at radius 3 is 2.15 bits per heavy atom. The lowest BCUT2D eigenvalue weighted by Crippen LogP contribution is -2.54. The molecule has 1 atom stereocenters. The van der Waals surface area contributed by atoms with E-state index in [-0.39, 0.29) is 37.4 Å². The third-order valence-electron chi connectivity index (χ3n) is 9.41. The second-order valence-corrected chi connectivity index (χ2v) is 13.6. The van der Waals surface area contributed by atoms with E-state index in [1.807, 2.05) is 30.7 Å². The molecule has 1 saturated heterocycles. The molecule has 14 nitrogen and oxygen atoms in total. The van der Waals surface area contributed by atoms with Crippen molar-refractivity contribution in [2.75, 3.05) is 66.1 Å². The Kier molecular flexibility index (Phi) is 19.6. The molecule has 3 aromatic rings. The first kappa shape index (κ1) is 46.2. The minimum Gasteiger partial charge on any atom is -0.492 e. The first-order valence-electron chi connectivity index (χ1n) is 19.9. The van der Waals surface area contributed by atoms with Gasteiger partial charge in [-0.1, -0.05) is 44.2 Å². The summed E-state index contributed by atoms with van der Waals surface area (Å²) in [6, 6.07) is 11.4. The van der Waals surface area contributed by atoms with Gasteiger partial charge in [0.15, 0.2) is 0 Å². The highest BCUT2D eigenvalue weighted by molar-refractivity contribution is 6.08. The van der Waals surface area contributed by atoms with Crippen molar-refractivity contribution in [3.05, 3.63) is 102 Å². The maximum atomic E-state index is 13.3. The van der Waals surface area contributed by atoms with E-state index < -0.39 is 23.8 Å². The van der Waals surface area contributed by atoms with Gasteiger partial charge in [-0.3, -0.25) is 34.4 Å². The fraction of sp³-hybridized carbons (Fsp3) is 0.422. The minimum atomic E-state index is -1.08. The first-order valence-corrected chi connectivity index (χ1v) is 19.9. The van der Waals surface area contributed by atoms with E-state index in [9.17, 15) is 19.2 Å². The molecule has 0 bridgehead atoms. The Balaban J connectivity index is 1.01. The van der Waals surface area contributed by atoms with Crippen molar-refractivity contribution >= 4 is 24.1 Å². The van der Waals surface area contributed by atoms with E-state index in [0.29, 0.717) is 70.7 Å². The number of hydrogen-bond donors (Lipinski definition) is 1. The summed E-state index contributed by atoms with van der Waals surface area (Å²) >= 11 is 0. The highest BCUT2D eigenvalue weighted by Crippen LogP contribution is 2.31. The van der Waals surface area contributed by atoms with E-state index >= 15 is 0 Å². The van der Waals surface area contributed by atoms with Crippen LogP contribution in [0.5, 0.6) is 5.88 Å². The molecular formula is C45H56N4O10. The lowest BCUT2D eigenvalue weighted by Gasteiger charge is -2.29. The molecule has 1 aromatic carbocycles. The Hall–Kier alpha value is -5.54. The van der Waals surface area contributed by atoms with Gasteiger partial charge in [0.05, 0.1) is 52.9 Å². The fourth-order valence-corrected chi connectivity index (χ4v) is 6.19. The number of ether oxygens (including phenoxy) is 6. The van der Waals surface area contributed by atoms with Gasteiger partial charge in [-0.25, -0.2) is 4.98 Å². The zero-order valence-electron chi connectivity index (χ0n) is 34.5. The van der Waals surface area contributed by atoms with Crippen LogP contribution in [0.15, 0.2) is 90.6 Å². The van der Waals surface area contributed by atoms with Gasteiger partial charge in [0.2, 0.25) is 24.1 Å². The molecule has 0 aliphatic carbocycles. The summed E-state index contributed by atoms with van der Waals surface area (Å²) < 4.78 is 33.6. The van der Waals surface area contributed by atoms with Crippen molar-refractivity contribution in [2.24, 2.45) is 0 Å².